The van der Waals surface area contributed by atoms with Crippen molar-refractivity contribution in [3.63, 3.8) is 0 Å². The number of imidazole rings is 1. The number of halogens is 2. The van der Waals surface area contributed by atoms with Gasteiger partial charge in [-0.1, -0.05) is 41.4 Å². The first-order chi connectivity index (χ1) is 17.5. The highest BCUT2D eigenvalue weighted by atomic mass is 35.5. The van der Waals surface area contributed by atoms with E-state index in [1.165, 1.54) is 0 Å². The van der Waals surface area contributed by atoms with Gasteiger partial charge in [0.2, 0.25) is 0 Å². The SMILES string of the molecule is O=C(c1cc(-c2cccs2)nn1-c1ccc(Cl)c(Cl)c1)N1CCC(n2c(=O)[nH]c3ccccc32)CC1. The molecule has 7 nitrogen and oxygen atoms in total. The van der Waals surface area contributed by atoms with E-state index in [0.29, 0.717) is 47.4 Å². The highest BCUT2D eigenvalue weighted by Gasteiger charge is 2.29. The highest BCUT2D eigenvalue weighted by molar-refractivity contribution is 7.13. The minimum absolute atomic E-state index is 0.0272. The summed E-state index contributed by atoms with van der Waals surface area (Å²) >= 11 is 14.0. The third kappa shape index (κ3) is 4.05. The molecular weight excluding hydrogens is 517 g/mol. The van der Waals surface area contributed by atoms with Crippen molar-refractivity contribution < 1.29 is 4.79 Å². The molecule has 4 heterocycles. The molecule has 0 unspecified atom stereocenters. The number of aromatic amines is 1. The summed E-state index contributed by atoms with van der Waals surface area (Å²) in [6.45, 7) is 1.08. The molecule has 3 aromatic heterocycles. The molecule has 6 rings (SSSR count). The normalized spacial score (nSPS) is 14.6. The lowest BCUT2D eigenvalue weighted by molar-refractivity contribution is 0.0685. The molecule has 182 valence electrons. The van der Waals surface area contributed by atoms with E-state index < -0.39 is 0 Å². The molecule has 1 aliphatic heterocycles. The molecule has 10 heteroatoms. The number of para-hydroxylation sites is 2. The minimum Gasteiger partial charge on any atom is -0.337 e. The number of carbonyl (C=O) groups excluding carboxylic acids is 1. The summed E-state index contributed by atoms with van der Waals surface area (Å²) in [4.78, 5) is 32.1. The van der Waals surface area contributed by atoms with Crippen LogP contribution < -0.4 is 5.69 Å². The summed E-state index contributed by atoms with van der Waals surface area (Å²) in [7, 11) is 0. The average Bonchev–Trinajstić information content (AvgIpc) is 3.63. The molecule has 1 saturated heterocycles. The van der Waals surface area contributed by atoms with Crippen LogP contribution in [-0.2, 0) is 0 Å². The van der Waals surface area contributed by atoms with Crippen molar-refractivity contribution in [1.82, 2.24) is 24.2 Å². The van der Waals surface area contributed by atoms with E-state index in [1.54, 1.807) is 34.2 Å². The Labute approximate surface area is 220 Å². The second-order valence-electron chi connectivity index (χ2n) is 8.74. The molecule has 2 aromatic carbocycles. The first kappa shape index (κ1) is 23.1. The first-order valence-corrected chi connectivity index (χ1v) is 13.2. The summed E-state index contributed by atoms with van der Waals surface area (Å²) in [6.07, 6.45) is 1.37. The smallest absolute Gasteiger partial charge is 0.326 e. The van der Waals surface area contributed by atoms with Gasteiger partial charge in [-0.05, 0) is 60.7 Å². The van der Waals surface area contributed by atoms with Crippen LogP contribution >= 0.6 is 34.5 Å². The summed E-state index contributed by atoms with van der Waals surface area (Å²) in [6, 6.07) is 18.7. The lowest BCUT2D eigenvalue weighted by atomic mass is 10.0. The standard InChI is InChI=1S/C26H21Cl2N5O2S/c27-18-8-7-17(14-19(18)28)33-23(15-21(30-33)24-6-3-13-36-24)25(34)31-11-9-16(10-12-31)32-22-5-2-1-4-20(22)29-26(32)35/h1-8,13-16H,9-12H2,(H,29,35). The van der Waals surface area contributed by atoms with Crippen LogP contribution in [0.25, 0.3) is 27.3 Å². The van der Waals surface area contributed by atoms with Gasteiger partial charge in [0.25, 0.3) is 5.91 Å². The van der Waals surface area contributed by atoms with Crippen molar-refractivity contribution in [3.8, 4) is 16.3 Å². The second kappa shape index (κ2) is 9.28. The predicted molar refractivity (Wildman–Crippen MR) is 144 cm³/mol. The molecule has 0 bridgehead atoms. The molecule has 0 atom stereocenters. The number of nitrogens with zero attached hydrogens (tertiary/aromatic N) is 4. The number of carbonyl (C=O) groups is 1. The zero-order valence-corrected chi connectivity index (χ0v) is 21.4. The fourth-order valence-corrected chi connectivity index (χ4v) is 5.79. The van der Waals surface area contributed by atoms with E-state index in [1.807, 2.05) is 57.3 Å². The first-order valence-electron chi connectivity index (χ1n) is 11.6. The second-order valence-corrected chi connectivity index (χ2v) is 10.5. The maximum atomic E-state index is 13.7. The maximum Gasteiger partial charge on any atom is 0.326 e. The predicted octanol–water partition coefficient (Wildman–Crippen LogP) is 6.03. The average molecular weight is 538 g/mol. The van der Waals surface area contributed by atoms with Crippen LogP contribution in [0.4, 0.5) is 0 Å². The van der Waals surface area contributed by atoms with Crippen LogP contribution in [0.3, 0.4) is 0 Å². The summed E-state index contributed by atoms with van der Waals surface area (Å²) in [5, 5.41) is 7.55. The molecule has 1 fully saturated rings. The van der Waals surface area contributed by atoms with Crippen molar-refractivity contribution in [3.05, 3.63) is 92.3 Å². The van der Waals surface area contributed by atoms with Gasteiger partial charge in [-0.25, -0.2) is 9.48 Å². The lowest BCUT2D eigenvalue weighted by Crippen LogP contribution is -2.41. The van der Waals surface area contributed by atoms with Gasteiger partial charge in [-0.2, -0.15) is 5.10 Å². The Bertz CT molecular complexity index is 1630. The Morgan fingerprint density at radius 3 is 2.56 bits per heavy atom. The van der Waals surface area contributed by atoms with E-state index in [-0.39, 0.29) is 17.6 Å². The number of piperidine rings is 1. The van der Waals surface area contributed by atoms with Gasteiger partial charge < -0.3 is 9.88 Å². The number of H-pyrrole nitrogens is 1. The molecule has 0 aliphatic carbocycles. The molecule has 0 spiro atoms. The Morgan fingerprint density at radius 1 is 1.00 bits per heavy atom. The van der Waals surface area contributed by atoms with Crippen LogP contribution in [0, 0.1) is 0 Å². The van der Waals surface area contributed by atoms with E-state index in [0.717, 1.165) is 21.6 Å². The van der Waals surface area contributed by atoms with Crippen LogP contribution in [0.5, 0.6) is 0 Å². The van der Waals surface area contributed by atoms with E-state index in [9.17, 15) is 9.59 Å². The third-order valence-electron chi connectivity index (χ3n) is 6.59. The van der Waals surface area contributed by atoms with Gasteiger partial charge in [-0.15, -0.1) is 11.3 Å². The zero-order valence-electron chi connectivity index (χ0n) is 19.0. The van der Waals surface area contributed by atoms with Gasteiger partial charge in [0.15, 0.2) is 0 Å². The molecular formula is C26H21Cl2N5O2S. The number of aromatic nitrogens is 4. The third-order valence-corrected chi connectivity index (χ3v) is 8.22. The number of rotatable bonds is 4. The number of fused-ring (bicyclic) bond motifs is 1. The number of hydrogen-bond acceptors (Lipinski definition) is 4. The van der Waals surface area contributed by atoms with E-state index in [2.05, 4.69) is 4.98 Å². The molecule has 0 saturated carbocycles. The van der Waals surface area contributed by atoms with Gasteiger partial charge in [-0.3, -0.25) is 9.36 Å². The lowest BCUT2D eigenvalue weighted by Gasteiger charge is -2.32. The van der Waals surface area contributed by atoms with Gasteiger partial charge in [0, 0.05) is 19.1 Å². The summed E-state index contributed by atoms with van der Waals surface area (Å²) in [5.41, 5.74) is 3.45. The van der Waals surface area contributed by atoms with Crippen LogP contribution in [0.2, 0.25) is 10.0 Å². The molecule has 1 amide bonds. The molecule has 1 aliphatic rings. The van der Waals surface area contributed by atoms with Crippen molar-refractivity contribution in [2.24, 2.45) is 0 Å². The number of benzene rings is 2. The molecule has 0 radical (unpaired) electrons. The van der Waals surface area contributed by atoms with E-state index in [4.69, 9.17) is 28.3 Å². The van der Waals surface area contributed by atoms with Crippen molar-refractivity contribution >= 4 is 51.5 Å². The quantitative estimate of drug-likeness (QED) is 0.304. The van der Waals surface area contributed by atoms with Gasteiger partial charge in [0.05, 0.1) is 31.6 Å². The van der Waals surface area contributed by atoms with Crippen LogP contribution in [0.1, 0.15) is 29.4 Å². The van der Waals surface area contributed by atoms with Crippen LogP contribution in [0.15, 0.2) is 70.8 Å². The van der Waals surface area contributed by atoms with Crippen LogP contribution in [-0.4, -0.2) is 43.2 Å². The Kier molecular flexibility index (Phi) is 5.95. The minimum atomic E-state index is -0.112. The number of thiophene rings is 1. The summed E-state index contributed by atoms with van der Waals surface area (Å²) in [5.74, 6) is -0.110. The van der Waals surface area contributed by atoms with Gasteiger partial charge in [0.1, 0.15) is 11.4 Å². The Hall–Kier alpha value is -3.33. The molecule has 1 N–H and O–H groups in total. The zero-order chi connectivity index (χ0) is 24.8. The summed E-state index contributed by atoms with van der Waals surface area (Å²) < 4.78 is 3.46. The van der Waals surface area contributed by atoms with Crippen molar-refractivity contribution in [2.45, 2.75) is 18.9 Å². The molecule has 5 aromatic rings. The number of nitrogens with one attached hydrogen (secondary N) is 1. The Balaban J connectivity index is 1.30. The fourth-order valence-electron chi connectivity index (χ4n) is 4.82. The topological polar surface area (TPSA) is 75.9 Å². The number of amides is 1. The monoisotopic (exact) mass is 537 g/mol. The Morgan fingerprint density at radius 2 is 1.81 bits per heavy atom. The van der Waals surface area contributed by atoms with Crippen molar-refractivity contribution in [1.29, 1.82) is 0 Å². The van der Waals surface area contributed by atoms with Gasteiger partial charge >= 0.3 is 5.69 Å². The maximum absolute atomic E-state index is 13.7. The molecule has 36 heavy (non-hydrogen) atoms. The largest absolute Gasteiger partial charge is 0.337 e. The van der Waals surface area contributed by atoms with E-state index >= 15 is 0 Å². The van der Waals surface area contributed by atoms with Crippen molar-refractivity contribution in [2.75, 3.05) is 13.1 Å². The number of hydrogen-bond donors (Lipinski definition) is 1. The highest BCUT2D eigenvalue weighted by Crippen LogP contribution is 2.31. The number of likely N-dealkylation sites (tertiary alicyclic amines) is 1. The fraction of sp³-hybridized carbons (Fsp3) is 0.192.